The average molecular weight is 226 g/mol. The minimum absolute atomic E-state index is 0.221. The van der Waals surface area contributed by atoms with E-state index in [0.717, 1.165) is 18.4 Å². The summed E-state index contributed by atoms with van der Waals surface area (Å²) in [4.78, 5) is 0. The van der Waals surface area contributed by atoms with Crippen molar-refractivity contribution in [3.05, 3.63) is 11.3 Å². The predicted octanol–water partition coefficient (Wildman–Crippen LogP) is 3.27. The van der Waals surface area contributed by atoms with Crippen molar-refractivity contribution in [1.82, 2.24) is 0 Å². The van der Waals surface area contributed by atoms with E-state index < -0.39 is 18.3 Å². The minimum Gasteiger partial charge on any atom is -0.398 e. The summed E-state index contributed by atoms with van der Waals surface area (Å²) >= 11 is 0. The number of rotatable bonds is 2. The summed E-state index contributed by atoms with van der Waals surface area (Å²) in [5, 5.41) is 0. The van der Waals surface area contributed by atoms with Gasteiger partial charge in [0.1, 0.15) is 5.73 Å². The lowest BCUT2D eigenvalue weighted by atomic mass is 9.84. The van der Waals surface area contributed by atoms with Crippen LogP contribution in [0.2, 0.25) is 0 Å². The van der Waals surface area contributed by atoms with Crippen LogP contribution in [0.5, 0.6) is 0 Å². The zero-order valence-corrected chi connectivity index (χ0v) is 10.8. The molecular formula is C12H20BFO2. The molecule has 1 saturated heterocycles. The van der Waals surface area contributed by atoms with Crippen LogP contribution in [-0.4, -0.2) is 18.3 Å². The highest BCUT2D eigenvalue weighted by atomic mass is 19.1. The van der Waals surface area contributed by atoms with Crippen molar-refractivity contribution >= 4 is 7.12 Å². The fraction of sp³-hybridized carbons (Fsp3) is 0.833. The smallest absolute Gasteiger partial charge is 0.398 e. The standard InChI is InChI=1S/C12H20BFO2/c1-8(9-6-7-9)10(14)13-15-11(2,3)12(4,5)16-13/h9H,6-7H2,1-5H3. The van der Waals surface area contributed by atoms with Crippen LogP contribution in [0.15, 0.2) is 11.3 Å². The minimum atomic E-state index is -0.814. The van der Waals surface area contributed by atoms with E-state index >= 15 is 0 Å². The van der Waals surface area contributed by atoms with E-state index in [4.69, 9.17) is 9.31 Å². The molecule has 0 aromatic heterocycles. The van der Waals surface area contributed by atoms with Crippen molar-refractivity contribution in [3.8, 4) is 0 Å². The lowest BCUT2D eigenvalue weighted by Crippen LogP contribution is -2.41. The maximum atomic E-state index is 14.1. The Morgan fingerprint density at radius 2 is 1.56 bits per heavy atom. The Balaban J connectivity index is 2.17. The number of allylic oxidation sites excluding steroid dienone is 1. The second kappa shape index (κ2) is 3.57. The van der Waals surface area contributed by atoms with Crippen LogP contribution in [0, 0.1) is 5.92 Å². The monoisotopic (exact) mass is 226 g/mol. The number of hydrogen-bond acceptors (Lipinski definition) is 2. The molecule has 2 nitrogen and oxygen atoms in total. The Kier molecular flexibility index (Phi) is 2.71. The van der Waals surface area contributed by atoms with Gasteiger partial charge < -0.3 is 9.31 Å². The maximum absolute atomic E-state index is 14.1. The molecule has 0 atom stereocenters. The Morgan fingerprint density at radius 3 is 1.94 bits per heavy atom. The van der Waals surface area contributed by atoms with Gasteiger partial charge in [-0.3, -0.25) is 0 Å². The maximum Gasteiger partial charge on any atom is 0.525 e. The lowest BCUT2D eigenvalue weighted by Gasteiger charge is -2.32. The van der Waals surface area contributed by atoms with Gasteiger partial charge in [0.05, 0.1) is 11.2 Å². The zero-order valence-electron chi connectivity index (χ0n) is 10.8. The molecule has 0 aromatic carbocycles. The van der Waals surface area contributed by atoms with Gasteiger partial charge in [0.25, 0.3) is 0 Å². The van der Waals surface area contributed by atoms with Crippen LogP contribution >= 0.6 is 0 Å². The van der Waals surface area contributed by atoms with Crippen molar-refractivity contribution in [2.24, 2.45) is 5.92 Å². The molecule has 0 unspecified atom stereocenters. The third-order valence-electron chi connectivity index (χ3n) is 4.03. The largest absolute Gasteiger partial charge is 0.525 e. The van der Waals surface area contributed by atoms with Crippen molar-refractivity contribution in [2.45, 2.75) is 58.7 Å². The van der Waals surface area contributed by atoms with Crippen LogP contribution in [-0.2, 0) is 9.31 Å². The molecule has 0 aromatic rings. The summed E-state index contributed by atoms with van der Waals surface area (Å²) < 4.78 is 25.4. The fourth-order valence-electron chi connectivity index (χ4n) is 1.84. The van der Waals surface area contributed by atoms with Crippen LogP contribution in [0.25, 0.3) is 0 Å². The molecule has 2 fully saturated rings. The third kappa shape index (κ3) is 1.93. The first-order valence-corrected chi connectivity index (χ1v) is 5.96. The summed E-state index contributed by atoms with van der Waals surface area (Å²) in [6.45, 7) is 9.59. The Hall–Kier alpha value is -0.345. The molecule has 0 N–H and O–H groups in total. The van der Waals surface area contributed by atoms with Gasteiger partial charge in [0.2, 0.25) is 0 Å². The van der Waals surface area contributed by atoms with Gasteiger partial charge >= 0.3 is 7.12 Å². The van der Waals surface area contributed by atoms with Crippen LogP contribution in [0.4, 0.5) is 4.39 Å². The quantitative estimate of drug-likeness (QED) is 0.672. The van der Waals surface area contributed by atoms with E-state index in [9.17, 15) is 4.39 Å². The molecular weight excluding hydrogens is 206 g/mol. The molecule has 4 heteroatoms. The summed E-state index contributed by atoms with van der Waals surface area (Å²) in [5.41, 5.74) is -0.336. The Labute approximate surface area is 97.3 Å². The van der Waals surface area contributed by atoms with Crippen LogP contribution in [0.3, 0.4) is 0 Å². The Bertz CT molecular complexity index is 316. The Morgan fingerprint density at radius 1 is 1.12 bits per heavy atom. The second-order valence-corrected chi connectivity index (χ2v) is 5.89. The highest BCUT2D eigenvalue weighted by Gasteiger charge is 2.53. The first-order valence-electron chi connectivity index (χ1n) is 5.96. The topological polar surface area (TPSA) is 18.5 Å². The molecule has 2 aliphatic rings. The summed E-state index contributed by atoms with van der Waals surface area (Å²) in [6.07, 6.45) is 2.19. The van der Waals surface area contributed by atoms with Crippen LogP contribution < -0.4 is 0 Å². The van der Waals surface area contributed by atoms with Gasteiger partial charge in [-0.25, -0.2) is 4.39 Å². The van der Waals surface area contributed by atoms with E-state index in [-0.39, 0.29) is 5.73 Å². The van der Waals surface area contributed by atoms with Gasteiger partial charge in [-0.05, 0) is 59.0 Å². The van der Waals surface area contributed by atoms with E-state index in [2.05, 4.69) is 0 Å². The summed E-state index contributed by atoms with van der Waals surface area (Å²) in [7, 11) is -0.814. The summed E-state index contributed by atoms with van der Waals surface area (Å²) in [5.74, 6) is 0.416. The molecule has 1 saturated carbocycles. The van der Waals surface area contributed by atoms with Gasteiger partial charge in [0.15, 0.2) is 0 Å². The number of halogens is 1. The van der Waals surface area contributed by atoms with E-state index in [1.807, 2.05) is 34.6 Å². The molecule has 1 aliphatic heterocycles. The first kappa shape index (κ1) is 12.1. The molecule has 90 valence electrons. The van der Waals surface area contributed by atoms with Crippen molar-refractivity contribution in [3.63, 3.8) is 0 Å². The van der Waals surface area contributed by atoms with Crippen molar-refractivity contribution in [2.75, 3.05) is 0 Å². The van der Waals surface area contributed by atoms with Gasteiger partial charge in [-0.1, -0.05) is 0 Å². The predicted molar refractivity (Wildman–Crippen MR) is 62.6 cm³/mol. The van der Waals surface area contributed by atoms with E-state index in [1.165, 1.54) is 0 Å². The molecule has 1 heterocycles. The second-order valence-electron chi connectivity index (χ2n) is 5.89. The molecule has 1 aliphatic carbocycles. The third-order valence-corrected chi connectivity index (χ3v) is 4.03. The highest BCUT2D eigenvalue weighted by Crippen LogP contribution is 2.43. The van der Waals surface area contributed by atoms with Crippen molar-refractivity contribution in [1.29, 1.82) is 0 Å². The summed E-state index contributed by atoms with van der Waals surface area (Å²) in [6, 6.07) is 0. The molecule has 0 amide bonds. The van der Waals surface area contributed by atoms with E-state index in [0.29, 0.717) is 5.92 Å². The van der Waals surface area contributed by atoms with E-state index in [1.54, 1.807) is 0 Å². The fourth-order valence-corrected chi connectivity index (χ4v) is 1.84. The average Bonchev–Trinajstić information content (AvgIpc) is 2.93. The van der Waals surface area contributed by atoms with Crippen LogP contribution in [0.1, 0.15) is 47.5 Å². The highest BCUT2D eigenvalue weighted by molar-refractivity contribution is 6.53. The lowest BCUT2D eigenvalue weighted by molar-refractivity contribution is 0.00578. The van der Waals surface area contributed by atoms with Gasteiger partial charge in [-0.15, -0.1) is 0 Å². The normalized spacial score (nSPS) is 29.2. The first-order chi connectivity index (χ1) is 7.24. The van der Waals surface area contributed by atoms with Gasteiger partial charge in [-0.2, -0.15) is 0 Å². The van der Waals surface area contributed by atoms with Crippen molar-refractivity contribution < 1.29 is 13.7 Å². The SMILES string of the molecule is CC(=C(F)B1OC(C)(C)C(C)(C)O1)C1CC1. The zero-order chi connectivity index (χ0) is 12.1. The molecule has 0 radical (unpaired) electrons. The van der Waals surface area contributed by atoms with Gasteiger partial charge in [0, 0.05) is 0 Å². The molecule has 0 bridgehead atoms. The molecule has 0 spiro atoms. The molecule has 2 rings (SSSR count). The molecule has 16 heavy (non-hydrogen) atoms. The number of hydrogen-bond donors (Lipinski definition) is 0.